The third-order valence-corrected chi connectivity index (χ3v) is 6.21. The summed E-state index contributed by atoms with van der Waals surface area (Å²) >= 11 is 0. The Hall–Kier alpha value is -2.38. The van der Waals surface area contributed by atoms with Gasteiger partial charge in [0.1, 0.15) is 18.7 Å². The second-order valence-corrected chi connectivity index (χ2v) is 9.78. The summed E-state index contributed by atoms with van der Waals surface area (Å²) < 4.78 is 7.32. The number of aliphatic hydroxyl groups excluding tert-OH is 2. The Morgan fingerprint density at radius 3 is 2.53 bits per heavy atom. The molecule has 12 nitrogen and oxygen atoms in total. The second kappa shape index (κ2) is 8.19. The zero-order valence-corrected chi connectivity index (χ0v) is 18.6. The first kappa shape index (κ1) is 22.8. The van der Waals surface area contributed by atoms with Crippen LogP contribution in [0.3, 0.4) is 0 Å². The van der Waals surface area contributed by atoms with Gasteiger partial charge in [-0.1, -0.05) is 0 Å². The smallest absolute Gasteiger partial charge is 0.320 e. The fourth-order valence-electron chi connectivity index (χ4n) is 4.90. The predicted octanol–water partition coefficient (Wildman–Crippen LogP) is 0.956. The monoisotopic (exact) mass is 448 g/mol. The van der Waals surface area contributed by atoms with Crippen LogP contribution in [0.1, 0.15) is 53.2 Å². The molecule has 0 saturated carbocycles. The molecule has 0 spiro atoms. The molecular weight excluding hydrogens is 418 g/mol. The van der Waals surface area contributed by atoms with Gasteiger partial charge in [-0.15, -0.1) is 10.3 Å². The highest BCUT2D eigenvalue weighted by molar-refractivity contribution is 5.96. The van der Waals surface area contributed by atoms with Gasteiger partial charge in [0.15, 0.2) is 17.0 Å². The quantitative estimate of drug-likeness (QED) is 0.538. The van der Waals surface area contributed by atoms with E-state index in [1.807, 2.05) is 27.7 Å². The van der Waals surface area contributed by atoms with E-state index in [9.17, 15) is 20.2 Å². The second-order valence-electron chi connectivity index (χ2n) is 9.78. The van der Waals surface area contributed by atoms with Crippen LogP contribution in [-0.4, -0.2) is 76.8 Å². The summed E-state index contributed by atoms with van der Waals surface area (Å²) in [6.45, 7) is 7.20. The van der Waals surface area contributed by atoms with Gasteiger partial charge in [-0.25, -0.2) is 19.7 Å². The molecule has 0 aromatic carbocycles. The van der Waals surface area contributed by atoms with Crippen molar-refractivity contribution in [1.29, 1.82) is 0 Å². The average Bonchev–Trinajstić information content (AvgIpc) is 3.29. The SMILES string of the molecule is CC1(C)CC(NC(=O)Nc2ncnc3c2ncn3[C@H]2C[C@H](O)[C@@H](CO)O2)CC(C)(C)N1[O]. The molecule has 32 heavy (non-hydrogen) atoms. The van der Waals surface area contributed by atoms with Crippen LogP contribution in [0.25, 0.3) is 11.2 Å². The van der Waals surface area contributed by atoms with Crippen molar-refractivity contribution in [3.05, 3.63) is 12.7 Å². The summed E-state index contributed by atoms with van der Waals surface area (Å²) in [5.74, 6) is 0.239. The van der Waals surface area contributed by atoms with Gasteiger partial charge in [-0.05, 0) is 40.5 Å². The number of nitrogens with zero attached hydrogens (tertiary/aromatic N) is 5. The summed E-state index contributed by atoms with van der Waals surface area (Å²) in [7, 11) is 0. The lowest BCUT2D eigenvalue weighted by molar-refractivity contribution is -0.289. The number of piperidine rings is 1. The van der Waals surface area contributed by atoms with Gasteiger partial charge in [0.05, 0.1) is 19.0 Å². The molecule has 0 unspecified atom stereocenters. The number of aromatic nitrogens is 4. The van der Waals surface area contributed by atoms with Crippen LogP contribution in [0.15, 0.2) is 12.7 Å². The number of aliphatic hydroxyl groups is 2. The van der Waals surface area contributed by atoms with E-state index in [-0.39, 0.29) is 24.9 Å². The lowest BCUT2D eigenvalue weighted by Crippen LogP contribution is -2.62. The number of rotatable bonds is 4. The van der Waals surface area contributed by atoms with Gasteiger partial charge >= 0.3 is 6.03 Å². The molecule has 4 rings (SSSR count). The van der Waals surface area contributed by atoms with Crippen molar-refractivity contribution in [2.45, 2.75) is 82.5 Å². The molecule has 2 amide bonds. The highest BCUT2D eigenvalue weighted by atomic mass is 16.5. The Morgan fingerprint density at radius 1 is 1.22 bits per heavy atom. The van der Waals surface area contributed by atoms with Crippen molar-refractivity contribution in [2.24, 2.45) is 0 Å². The van der Waals surface area contributed by atoms with Crippen molar-refractivity contribution in [2.75, 3.05) is 11.9 Å². The summed E-state index contributed by atoms with van der Waals surface area (Å²) in [5.41, 5.74) is -0.381. The van der Waals surface area contributed by atoms with Crippen molar-refractivity contribution >= 4 is 23.0 Å². The number of ether oxygens (including phenoxy) is 1. The van der Waals surface area contributed by atoms with Crippen LogP contribution in [0.4, 0.5) is 10.6 Å². The minimum Gasteiger partial charge on any atom is -0.394 e. The Balaban J connectivity index is 1.48. The Morgan fingerprint density at radius 2 is 1.91 bits per heavy atom. The van der Waals surface area contributed by atoms with Gasteiger partial charge in [0.2, 0.25) is 0 Å². The summed E-state index contributed by atoms with van der Waals surface area (Å²) in [5, 5.41) is 38.6. The van der Waals surface area contributed by atoms with Crippen LogP contribution in [0, 0.1) is 0 Å². The lowest BCUT2D eigenvalue weighted by atomic mass is 9.79. The first-order valence-corrected chi connectivity index (χ1v) is 10.7. The largest absolute Gasteiger partial charge is 0.394 e. The fourth-order valence-corrected chi connectivity index (χ4v) is 4.90. The lowest BCUT2D eigenvalue weighted by Gasteiger charge is -2.49. The van der Waals surface area contributed by atoms with Gasteiger partial charge in [-0.2, -0.15) is 0 Å². The molecule has 3 atom stereocenters. The molecule has 4 N–H and O–H groups in total. The number of hydrogen-bond donors (Lipinski definition) is 4. The number of hydrogen-bond acceptors (Lipinski definition) is 8. The highest BCUT2D eigenvalue weighted by Gasteiger charge is 2.46. The van der Waals surface area contributed by atoms with Gasteiger partial charge in [-0.3, -0.25) is 9.88 Å². The maximum Gasteiger partial charge on any atom is 0.320 e. The van der Waals surface area contributed by atoms with Crippen molar-refractivity contribution in [3.63, 3.8) is 0 Å². The topological polar surface area (TPSA) is 158 Å². The summed E-state index contributed by atoms with van der Waals surface area (Å²) in [4.78, 5) is 25.4. The molecule has 0 aliphatic carbocycles. The maximum absolute atomic E-state index is 12.7. The third kappa shape index (κ3) is 4.16. The zero-order chi connectivity index (χ0) is 23.3. The summed E-state index contributed by atoms with van der Waals surface area (Å²) in [6.07, 6.45) is 2.16. The van der Waals surface area contributed by atoms with Crippen LogP contribution in [0.5, 0.6) is 0 Å². The number of imidazole rings is 1. The molecule has 0 bridgehead atoms. The first-order chi connectivity index (χ1) is 15.0. The maximum atomic E-state index is 12.7. The molecule has 2 aromatic heterocycles. The van der Waals surface area contributed by atoms with Gasteiger partial charge in [0.25, 0.3) is 0 Å². The molecule has 12 heteroatoms. The average molecular weight is 449 g/mol. The normalized spacial score (nSPS) is 28.2. The van der Waals surface area contributed by atoms with E-state index < -0.39 is 35.5 Å². The molecule has 2 fully saturated rings. The van der Waals surface area contributed by atoms with Crippen LogP contribution >= 0.6 is 0 Å². The van der Waals surface area contributed by atoms with Crippen molar-refractivity contribution in [3.8, 4) is 0 Å². The van der Waals surface area contributed by atoms with E-state index >= 15 is 0 Å². The zero-order valence-electron chi connectivity index (χ0n) is 18.6. The molecule has 2 aliphatic heterocycles. The highest BCUT2D eigenvalue weighted by Crippen LogP contribution is 2.37. The molecule has 2 saturated heterocycles. The molecule has 175 valence electrons. The minimum absolute atomic E-state index is 0.177. The fraction of sp³-hybridized carbons (Fsp3) is 0.700. The molecule has 2 aromatic rings. The van der Waals surface area contributed by atoms with Crippen molar-refractivity contribution in [1.82, 2.24) is 29.9 Å². The van der Waals surface area contributed by atoms with Crippen LogP contribution < -0.4 is 10.6 Å². The minimum atomic E-state index is -0.790. The first-order valence-electron chi connectivity index (χ1n) is 10.7. The number of hydroxylamine groups is 2. The number of anilines is 1. The number of carbonyl (C=O) groups excluding carboxylic acids is 1. The van der Waals surface area contributed by atoms with E-state index in [1.165, 1.54) is 12.7 Å². The number of amides is 2. The molecule has 1 radical (unpaired) electrons. The molecular formula is C20H30N7O5. The van der Waals surface area contributed by atoms with E-state index in [1.54, 1.807) is 4.57 Å². The molecule has 2 aliphatic rings. The third-order valence-electron chi connectivity index (χ3n) is 6.21. The van der Waals surface area contributed by atoms with Crippen molar-refractivity contribution < 1.29 is 25.0 Å². The van der Waals surface area contributed by atoms with E-state index in [0.717, 1.165) is 5.06 Å². The standard InChI is InChI=1S/C20H30N7O5/c1-19(2)6-11(7-20(3,4)27(19)31)24-18(30)25-16-15-17(22-9-21-16)26(10-23-15)14-5-12(29)13(8-28)32-14/h9-14,28-29H,5-8H2,1-4H3,(H2,21,22,24,25,30)/t12-,13+,14+/m0/s1. The van der Waals surface area contributed by atoms with E-state index in [2.05, 4.69) is 25.6 Å². The number of urea groups is 1. The van der Waals surface area contributed by atoms with Gasteiger partial charge in [0, 0.05) is 23.5 Å². The van der Waals surface area contributed by atoms with Gasteiger partial charge < -0.3 is 20.3 Å². The number of carbonyl (C=O) groups is 1. The Bertz CT molecular complexity index is 976. The Kier molecular flexibility index (Phi) is 5.84. The van der Waals surface area contributed by atoms with Crippen LogP contribution in [0.2, 0.25) is 0 Å². The predicted molar refractivity (Wildman–Crippen MR) is 113 cm³/mol. The van der Waals surface area contributed by atoms with Crippen LogP contribution in [-0.2, 0) is 9.94 Å². The number of nitrogens with one attached hydrogen (secondary N) is 2. The summed E-state index contributed by atoms with van der Waals surface area (Å²) in [6, 6.07) is -0.618. The Labute approximate surface area is 185 Å². The molecule has 4 heterocycles. The van der Waals surface area contributed by atoms with E-state index in [0.29, 0.717) is 24.0 Å². The van der Waals surface area contributed by atoms with E-state index in [4.69, 9.17) is 4.74 Å². The number of fused-ring (bicyclic) bond motifs is 1.